The van der Waals surface area contributed by atoms with Gasteiger partial charge in [0.25, 0.3) is 15.9 Å². The molecule has 39 heavy (non-hydrogen) atoms. The molecule has 2 heterocycles. The summed E-state index contributed by atoms with van der Waals surface area (Å²) in [5.74, 6) is -0.194. The number of fused-ring (bicyclic) bond motifs is 1. The number of carbonyl (C=O) groups excluding carboxylic acids is 1. The Morgan fingerprint density at radius 1 is 1.00 bits per heavy atom. The zero-order valence-electron chi connectivity index (χ0n) is 21.3. The molecule has 8 nitrogen and oxygen atoms in total. The van der Waals surface area contributed by atoms with Crippen LogP contribution in [0.25, 0.3) is 10.2 Å². The van der Waals surface area contributed by atoms with Gasteiger partial charge in [-0.3, -0.25) is 14.4 Å². The molecule has 1 aromatic heterocycles. The van der Waals surface area contributed by atoms with Crippen molar-refractivity contribution in [1.82, 2.24) is 15.2 Å². The van der Waals surface area contributed by atoms with Crippen molar-refractivity contribution in [2.75, 3.05) is 48.9 Å². The number of nitrogens with one attached hydrogen (secondary N) is 2. The highest BCUT2D eigenvalue weighted by molar-refractivity contribution is 7.92. The van der Waals surface area contributed by atoms with Crippen LogP contribution in [0.1, 0.15) is 15.9 Å². The van der Waals surface area contributed by atoms with Gasteiger partial charge in [-0.25, -0.2) is 13.4 Å². The molecule has 1 saturated heterocycles. The number of amides is 1. The molecule has 0 bridgehead atoms. The zero-order chi connectivity index (χ0) is 26.7. The van der Waals surface area contributed by atoms with Crippen molar-refractivity contribution < 1.29 is 13.2 Å². The number of sulfonamides is 1. The van der Waals surface area contributed by atoms with Gasteiger partial charge >= 0.3 is 0 Å². The lowest BCUT2D eigenvalue weighted by molar-refractivity contribution is 0.0948. The largest absolute Gasteiger partial charge is 0.351 e. The summed E-state index contributed by atoms with van der Waals surface area (Å²) in [7, 11) is -3.74. The molecule has 2 N–H and O–H groups in total. The Balaban J connectivity index is 0.00000353. The Bertz CT molecular complexity index is 1540. The van der Waals surface area contributed by atoms with E-state index in [2.05, 4.69) is 45.0 Å². The molecule has 0 unspecified atom stereocenters. The fourth-order valence-corrected chi connectivity index (χ4v) is 6.60. The molecule has 1 aliphatic heterocycles. The molecule has 5 rings (SSSR count). The van der Waals surface area contributed by atoms with Crippen molar-refractivity contribution in [3.05, 3.63) is 82.9 Å². The summed E-state index contributed by atoms with van der Waals surface area (Å²) < 4.78 is 28.8. The number of benzene rings is 3. The van der Waals surface area contributed by atoms with E-state index in [0.717, 1.165) is 43.4 Å². The quantitative estimate of drug-likeness (QED) is 0.292. The van der Waals surface area contributed by atoms with Crippen molar-refractivity contribution in [2.24, 2.45) is 0 Å². The number of carbonyl (C=O) groups is 1. The van der Waals surface area contributed by atoms with Crippen LogP contribution >= 0.6 is 35.3 Å². The van der Waals surface area contributed by atoms with Gasteiger partial charge in [0.15, 0.2) is 5.13 Å². The molecule has 0 aliphatic carbocycles. The molecule has 1 fully saturated rings. The molecule has 206 valence electrons. The van der Waals surface area contributed by atoms with Crippen molar-refractivity contribution in [1.29, 1.82) is 0 Å². The minimum Gasteiger partial charge on any atom is -0.351 e. The molecule has 0 atom stereocenters. The van der Waals surface area contributed by atoms with Crippen molar-refractivity contribution >= 4 is 72.3 Å². The van der Waals surface area contributed by atoms with E-state index in [1.54, 1.807) is 35.6 Å². The molecular weight excluding hydrogens is 577 g/mol. The molecule has 0 radical (unpaired) electrons. The number of aromatic nitrogens is 1. The highest BCUT2D eigenvalue weighted by Crippen LogP contribution is 2.31. The van der Waals surface area contributed by atoms with E-state index in [0.29, 0.717) is 22.8 Å². The second kappa shape index (κ2) is 12.5. The zero-order valence-corrected chi connectivity index (χ0v) is 24.5. The summed E-state index contributed by atoms with van der Waals surface area (Å²) in [6.45, 7) is 7.01. The minimum atomic E-state index is -3.74. The molecule has 4 aromatic rings. The first-order valence-corrected chi connectivity index (χ1v) is 15.0. The monoisotopic (exact) mass is 605 g/mol. The van der Waals surface area contributed by atoms with Crippen LogP contribution in [-0.2, 0) is 10.0 Å². The van der Waals surface area contributed by atoms with Crippen LogP contribution < -0.4 is 14.9 Å². The van der Waals surface area contributed by atoms with Crippen molar-refractivity contribution in [2.45, 2.75) is 11.8 Å². The Hall–Kier alpha value is -2.89. The molecule has 0 spiro atoms. The maximum Gasteiger partial charge on any atom is 0.261 e. The number of hydrogen-bond donors (Lipinski definition) is 2. The summed E-state index contributed by atoms with van der Waals surface area (Å²) in [5, 5.41) is 4.49. The van der Waals surface area contributed by atoms with Crippen LogP contribution in [0.3, 0.4) is 0 Å². The predicted octanol–water partition coefficient (Wildman–Crippen LogP) is 5.03. The topological polar surface area (TPSA) is 94.6 Å². The third kappa shape index (κ3) is 7.01. The maximum absolute atomic E-state index is 12.6. The summed E-state index contributed by atoms with van der Waals surface area (Å²) in [6, 6.07) is 18.6. The van der Waals surface area contributed by atoms with Gasteiger partial charge in [0.1, 0.15) is 0 Å². The number of thiazole rings is 1. The number of nitrogens with zero attached hydrogens (tertiary/aromatic N) is 3. The van der Waals surface area contributed by atoms with E-state index in [1.165, 1.54) is 34.5 Å². The average molecular weight is 607 g/mol. The third-order valence-corrected chi connectivity index (χ3v) is 9.22. The third-order valence-electron chi connectivity index (χ3n) is 6.49. The first-order chi connectivity index (χ1) is 18.3. The summed E-state index contributed by atoms with van der Waals surface area (Å²) >= 11 is 7.57. The SMILES string of the molecule is Cc1cccc2sc(N3CCN(CCNC(=O)c4ccc(NS(=O)(=O)c5ccc(Cl)cc5)cc4)CC3)nc12.Cl. The van der Waals surface area contributed by atoms with Crippen molar-refractivity contribution in [3.63, 3.8) is 0 Å². The summed E-state index contributed by atoms with van der Waals surface area (Å²) in [5.41, 5.74) is 3.13. The first-order valence-electron chi connectivity index (χ1n) is 12.3. The van der Waals surface area contributed by atoms with E-state index in [4.69, 9.17) is 16.6 Å². The average Bonchev–Trinajstić information content (AvgIpc) is 3.35. The van der Waals surface area contributed by atoms with Gasteiger partial charge in [0, 0.05) is 55.5 Å². The predicted molar refractivity (Wildman–Crippen MR) is 161 cm³/mol. The van der Waals surface area contributed by atoms with Gasteiger partial charge in [-0.05, 0) is 67.1 Å². The lowest BCUT2D eigenvalue weighted by Gasteiger charge is -2.34. The number of anilines is 2. The standard InChI is InChI=1S/C27H28ClN5O3S2.ClH/c1-19-3-2-4-24-25(19)30-27(37-24)33-17-15-32(16-18-33)14-13-29-26(34)20-5-9-22(10-6-20)31-38(35,36)23-11-7-21(28)8-12-23;/h2-12,31H,13-18H2,1H3,(H,29,34);1H. The number of piperazine rings is 1. The molecule has 3 aromatic carbocycles. The van der Waals surface area contributed by atoms with E-state index in [-0.39, 0.29) is 23.2 Å². The molecule has 1 aliphatic rings. The van der Waals surface area contributed by atoms with Gasteiger partial charge < -0.3 is 10.2 Å². The Morgan fingerprint density at radius 2 is 1.69 bits per heavy atom. The van der Waals surface area contributed by atoms with Gasteiger partial charge in [-0.1, -0.05) is 35.1 Å². The Labute approximate surface area is 243 Å². The number of rotatable bonds is 8. The van der Waals surface area contributed by atoms with Crippen LogP contribution in [0.15, 0.2) is 71.6 Å². The molecule has 0 saturated carbocycles. The van der Waals surface area contributed by atoms with E-state index in [9.17, 15) is 13.2 Å². The Morgan fingerprint density at radius 3 is 2.36 bits per heavy atom. The number of hydrogen-bond acceptors (Lipinski definition) is 7. The van der Waals surface area contributed by atoms with Crippen LogP contribution in [0.5, 0.6) is 0 Å². The normalized spacial score (nSPS) is 14.2. The number of halogens is 2. The number of aryl methyl sites for hydroxylation is 1. The van der Waals surface area contributed by atoms with E-state index >= 15 is 0 Å². The highest BCUT2D eigenvalue weighted by atomic mass is 35.5. The minimum absolute atomic E-state index is 0. The van der Waals surface area contributed by atoms with Gasteiger partial charge in [0.05, 0.1) is 15.1 Å². The van der Waals surface area contributed by atoms with Crippen LogP contribution in [0, 0.1) is 6.92 Å². The summed E-state index contributed by atoms with van der Waals surface area (Å²) in [4.78, 5) is 22.2. The van der Waals surface area contributed by atoms with Crippen LogP contribution in [-0.4, -0.2) is 63.5 Å². The van der Waals surface area contributed by atoms with Gasteiger partial charge in [-0.15, -0.1) is 12.4 Å². The maximum atomic E-state index is 12.6. The van der Waals surface area contributed by atoms with Crippen LogP contribution in [0.2, 0.25) is 5.02 Å². The fraction of sp³-hybridized carbons (Fsp3) is 0.259. The Kier molecular flexibility index (Phi) is 9.35. The molecular formula is C27H29Cl2N5O3S2. The molecule has 1 amide bonds. The lowest BCUT2D eigenvalue weighted by Crippen LogP contribution is -2.48. The van der Waals surface area contributed by atoms with Gasteiger partial charge in [0.2, 0.25) is 0 Å². The molecule has 12 heteroatoms. The summed E-state index contributed by atoms with van der Waals surface area (Å²) in [6.07, 6.45) is 0. The van der Waals surface area contributed by atoms with E-state index in [1.807, 2.05) is 0 Å². The lowest BCUT2D eigenvalue weighted by atomic mass is 10.2. The van der Waals surface area contributed by atoms with Crippen molar-refractivity contribution in [3.8, 4) is 0 Å². The fourth-order valence-electron chi connectivity index (χ4n) is 4.32. The van der Waals surface area contributed by atoms with E-state index < -0.39 is 10.0 Å². The number of para-hydroxylation sites is 1. The second-order valence-corrected chi connectivity index (χ2v) is 12.3. The smallest absolute Gasteiger partial charge is 0.261 e. The second-order valence-electron chi connectivity index (χ2n) is 9.14. The van der Waals surface area contributed by atoms with Crippen LogP contribution in [0.4, 0.5) is 10.8 Å². The highest BCUT2D eigenvalue weighted by Gasteiger charge is 2.20. The first kappa shape index (κ1) is 29.1. The van der Waals surface area contributed by atoms with Gasteiger partial charge in [-0.2, -0.15) is 0 Å².